The molecule has 20 heavy (non-hydrogen) atoms. The molecule has 1 aromatic rings. The first-order valence-electron chi connectivity index (χ1n) is 7.12. The van der Waals surface area contributed by atoms with Gasteiger partial charge in [-0.15, -0.1) is 0 Å². The summed E-state index contributed by atoms with van der Waals surface area (Å²) in [4.78, 5) is 0. The molecule has 0 aliphatic heterocycles. The molecule has 0 saturated heterocycles. The van der Waals surface area contributed by atoms with E-state index in [2.05, 4.69) is 19.2 Å². The standard InChI is InChI=1S/C16H25NO3/c1-16(2)6-5-12(9-16)17-10-11-7-13(19-3)15(18)14(8-11)20-4/h7-8,12,17-18H,5-6,9-10H2,1-4H3. The van der Waals surface area contributed by atoms with E-state index >= 15 is 0 Å². The van der Waals surface area contributed by atoms with E-state index in [1.54, 1.807) is 14.2 Å². The van der Waals surface area contributed by atoms with Crippen molar-refractivity contribution in [1.29, 1.82) is 0 Å². The van der Waals surface area contributed by atoms with Crippen LogP contribution in [0.2, 0.25) is 0 Å². The molecule has 1 fully saturated rings. The number of benzene rings is 1. The Balaban J connectivity index is 2.03. The molecule has 2 N–H and O–H groups in total. The van der Waals surface area contributed by atoms with Crippen molar-refractivity contribution in [3.8, 4) is 17.2 Å². The highest BCUT2D eigenvalue weighted by Gasteiger charge is 2.30. The summed E-state index contributed by atoms with van der Waals surface area (Å²) in [6.07, 6.45) is 3.70. The van der Waals surface area contributed by atoms with Crippen molar-refractivity contribution in [3.63, 3.8) is 0 Å². The van der Waals surface area contributed by atoms with Crippen molar-refractivity contribution >= 4 is 0 Å². The molecule has 4 heteroatoms. The van der Waals surface area contributed by atoms with Gasteiger partial charge >= 0.3 is 0 Å². The van der Waals surface area contributed by atoms with E-state index in [4.69, 9.17) is 9.47 Å². The van der Waals surface area contributed by atoms with E-state index in [-0.39, 0.29) is 5.75 Å². The maximum absolute atomic E-state index is 9.89. The summed E-state index contributed by atoms with van der Waals surface area (Å²) in [6, 6.07) is 4.27. The van der Waals surface area contributed by atoms with E-state index in [0.717, 1.165) is 12.1 Å². The Morgan fingerprint density at radius 3 is 2.30 bits per heavy atom. The Bertz CT molecular complexity index is 446. The Hall–Kier alpha value is -1.42. The molecule has 0 bridgehead atoms. The first kappa shape index (κ1) is 15.0. The largest absolute Gasteiger partial charge is 0.502 e. The number of aromatic hydroxyl groups is 1. The molecule has 1 aliphatic carbocycles. The third kappa shape index (κ3) is 3.37. The predicted octanol–water partition coefficient (Wildman–Crippen LogP) is 3.08. The molecule has 112 valence electrons. The second-order valence-electron chi connectivity index (χ2n) is 6.33. The van der Waals surface area contributed by atoms with Crippen LogP contribution >= 0.6 is 0 Å². The molecule has 1 aliphatic rings. The van der Waals surface area contributed by atoms with Gasteiger partial charge in [0, 0.05) is 12.6 Å². The van der Waals surface area contributed by atoms with E-state index in [0.29, 0.717) is 23.0 Å². The monoisotopic (exact) mass is 279 g/mol. The zero-order chi connectivity index (χ0) is 14.8. The lowest BCUT2D eigenvalue weighted by Gasteiger charge is -2.18. The first-order valence-corrected chi connectivity index (χ1v) is 7.12. The zero-order valence-electron chi connectivity index (χ0n) is 12.8. The first-order chi connectivity index (χ1) is 9.45. The number of rotatable bonds is 5. The van der Waals surface area contributed by atoms with Crippen molar-refractivity contribution in [2.45, 2.75) is 45.7 Å². The summed E-state index contributed by atoms with van der Waals surface area (Å²) in [7, 11) is 3.09. The number of phenols is 1. The number of hydrogen-bond acceptors (Lipinski definition) is 4. The van der Waals surface area contributed by atoms with Crippen LogP contribution in [-0.2, 0) is 6.54 Å². The molecule has 1 saturated carbocycles. The highest BCUT2D eigenvalue weighted by Crippen LogP contribution is 2.38. The van der Waals surface area contributed by atoms with Crippen LogP contribution in [0.5, 0.6) is 17.2 Å². The van der Waals surface area contributed by atoms with Crippen LogP contribution in [0.25, 0.3) is 0 Å². The Kier molecular flexibility index (Phi) is 4.43. The van der Waals surface area contributed by atoms with Gasteiger partial charge in [0.15, 0.2) is 11.5 Å². The summed E-state index contributed by atoms with van der Waals surface area (Å²) >= 11 is 0. The third-order valence-electron chi connectivity index (χ3n) is 4.10. The van der Waals surface area contributed by atoms with Crippen molar-refractivity contribution in [3.05, 3.63) is 17.7 Å². The minimum absolute atomic E-state index is 0.0562. The van der Waals surface area contributed by atoms with Gasteiger partial charge in [-0.05, 0) is 42.4 Å². The fourth-order valence-corrected chi connectivity index (χ4v) is 2.92. The van der Waals surface area contributed by atoms with Gasteiger partial charge in [-0.2, -0.15) is 0 Å². The van der Waals surface area contributed by atoms with Crippen LogP contribution in [-0.4, -0.2) is 25.4 Å². The Morgan fingerprint density at radius 1 is 1.25 bits per heavy atom. The average molecular weight is 279 g/mol. The van der Waals surface area contributed by atoms with Crippen LogP contribution in [0.1, 0.15) is 38.7 Å². The smallest absolute Gasteiger partial charge is 0.200 e. The zero-order valence-corrected chi connectivity index (χ0v) is 12.8. The van der Waals surface area contributed by atoms with Crippen molar-refractivity contribution in [2.75, 3.05) is 14.2 Å². The molecule has 0 amide bonds. The topological polar surface area (TPSA) is 50.7 Å². The molecular weight excluding hydrogens is 254 g/mol. The van der Waals surface area contributed by atoms with Crippen LogP contribution in [0.4, 0.5) is 0 Å². The lowest BCUT2D eigenvalue weighted by Crippen LogP contribution is -2.26. The minimum Gasteiger partial charge on any atom is -0.502 e. The number of nitrogens with one attached hydrogen (secondary N) is 1. The molecule has 4 nitrogen and oxygen atoms in total. The number of methoxy groups -OCH3 is 2. The highest BCUT2D eigenvalue weighted by atomic mass is 16.5. The van der Waals surface area contributed by atoms with Gasteiger partial charge < -0.3 is 19.9 Å². The second-order valence-corrected chi connectivity index (χ2v) is 6.33. The van der Waals surface area contributed by atoms with Gasteiger partial charge in [-0.1, -0.05) is 13.8 Å². The molecular formula is C16H25NO3. The predicted molar refractivity (Wildman–Crippen MR) is 79.5 cm³/mol. The normalized spacial score (nSPS) is 20.9. The maximum atomic E-state index is 9.89. The summed E-state index contributed by atoms with van der Waals surface area (Å²) in [6.45, 7) is 5.40. The molecule has 1 atom stereocenters. The molecule has 2 rings (SSSR count). The van der Waals surface area contributed by atoms with Gasteiger partial charge in [0.05, 0.1) is 14.2 Å². The van der Waals surface area contributed by atoms with Crippen molar-refractivity contribution in [1.82, 2.24) is 5.32 Å². The van der Waals surface area contributed by atoms with E-state index in [9.17, 15) is 5.11 Å². The van der Waals surface area contributed by atoms with E-state index in [1.165, 1.54) is 19.3 Å². The molecule has 0 heterocycles. The van der Waals surface area contributed by atoms with Crippen LogP contribution < -0.4 is 14.8 Å². The van der Waals surface area contributed by atoms with Gasteiger partial charge in [-0.3, -0.25) is 0 Å². The summed E-state index contributed by atoms with van der Waals surface area (Å²) in [5.41, 5.74) is 1.50. The van der Waals surface area contributed by atoms with E-state index < -0.39 is 0 Å². The second kappa shape index (κ2) is 5.92. The molecule has 0 aromatic heterocycles. The van der Waals surface area contributed by atoms with Gasteiger partial charge in [0.2, 0.25) is 5.75 Å². The van der Waals surface area contributed by atoms with Gasteiger partial charge in [0.1, 0.15) is 0 Å². The Morgan fingerprint density at radius 2 is 1.85 bits per heavy atom. The number of phenolic OH excluding ortho intramolecular Hbond substituents is 1. The average Bonchev–Trinajstić information content (AvgIpc) is 2.77. The third-order valence-corrected chi connectivity index (χ3v) is 4.10. The molecule has 0 spiro atoms. The summed E-state index contributed by atoms with van der Waals surface area (Å²) < 4.78 is 10.4. The lowest BCUT2D eigenvalue weighted by atomic mass is 9.92. The summed E-state index contributed by atoms with van der Waals surface area (Å²) in [5, 5.41) is 13.5. The maximum Gasteiger partial charge on any atom is 0.200 e. The molecule has 1 aromatic carbocycles. The fraction of sp³-hybridized carbons (Fsp3) is 0.625. The van der Waals surface area contributed by atoms with Gasteiger partial charge in [-0.25, -0.2) is 0 Å². The van der Waals surface area contributed by atoms with Crippen LogP contribution in [0.3, 0.4) is 0 Å². The quantitative estimate of drug-likeness (QED) is 0.869. The van der Waals surface area contributed by atoms with Crippen LogP contribution in [0.15, 0.2) is 12.1 Å². The van der Waals surface area contributed by atoms with Crippen molar-refractivity contribution in [2.24, 2.45) is 5.41 Å². The summed E-state index contributed by atoms with van der Waals surface area (Å²) in [5.74, 6) is 0.960. The fourth-order valence-electron chi connectivity index (χ4n) is 2.92. The van der Waals surface area contributed by atoms with E-state index in [1.807, 2.05) is 12.1 Å². The lowest BCUT2D eigenvalue weighted by molar-refractivity contribution is 0.338. The van der Waals surface area contributed by atoms with Crippen molar-refractivity contribution < 1.29 is 14.6 Å². The molecule has 0 radical (unpaired) electrons. The van der Waals surface area contributed by atoms with Gasteiger partial charge in [0.25, 0.3) is 0 Å². The molecule has 1 unspecified atom stereocenters. The highest BCUT2D eigenvalue weighted by molar-refractivity contribution is 5.52. The number of ether oxygens (including phenoxy) is 2. The number of hydrogen-bond donors (Lipinski definition) is 2. The van der Waals surface area contributed by atoms with Crippen LogP contribution in [0, 0.1) is 5.41 Å². The minimum atomic E-state index is 0.0562. The Labute approximate surface area is 121 Å². The SMILES string of the molecule is COc1cc(CNC2CCC(C)(C)C2)cc(OC)c1O.